The quantitative estimate of drug-likeness (QED) is 0.267. The number of hydrogen-bond acceptors (Lipinski definition) is 5. The van der Waals surface area contributed by atoms with Crippen molar-refractivity contribution < 1.29 is 23.8 Å². The van der Waals surface area contributed by atoms with Gasteiger partial charge in [-0.1, -0.05) is 48.0 Å². The third-order valence-electron chi connectivity index (χ3n) is 4.90. The number of para-hydroxylation sites is 2. The highest BCUT2D eigenvalue weighted by Gasteiger charge is 2.34. The average Bonchev–Trinajstić information content (AvgIpc) is 3.14. The number of benzene rings is 3. The highest BCUT2D eigenvalue weighted by Crippen LogP contribution is 2.28. The maximum absolute atomic E-state index is 12.8. The monoisotopic (exact) mass is 478 g/mol. The van der Waals surface area contributed by atoms with Gasteiger partial charge in [0.1, 0.15) is 30.3 Å². The van der Waals surface area contributed by atoms with E-state index in [9.17, 15) is 9.59 Å². The first kappa shape index (κ1) is 23.4. The Balaban J connectivity index is 1.34. The van der Waals surface area contributed by atoms with Crippen molar-refractivity contribution >= 4 is 35.2 Å². The van der Waals surface area contributed by atoms with Crippen LogP contribution in [0.1, 0.15) is 5.56 Å². The van der Waals surface area contributed by atoms with Crippen LogP contribution in [-0.2, 0) is 14.3 Å². The van der Waals surface area contributed by atoms with Crippen molar-refractivity contribution in [3.63, 3.8) is 0 Å². The van der Waals surface area contributed by atoms with E-state index in [1.54, 1.807) is 42.5 Å². The number of halogens is 1. The van der Waals surface area contributed by atoms with E-state index in [4.69, 9.17) is 25.8 Å². The Morgan fingerprint density at radius 3 is 2.24 bits per heavy atom. The maximum atomic E-state index is 12.8. The number of hydrazine groups is 1. The van der Waals surface area contributed by atoms with E-state index >= 15 is 0 Å². The van der Waals surface area contributed by atoms with Gasteiger partial charge in [0.15, 0.2) is 0 Å². The van der Waals surface area contributed by atoms with Crippen molar-refractivity contribution in [1.82, 2.24) is 5.43 Å². The zero-order valence-corrected chi connectivity index (χ0v) is 19.0. The second kappa shape index (κ2) is 11.4. The summed E-state index contributed by atoms with van der Waals surface area (Å²) in [5, 5.41) is 1.67. The molecule has 1 saturated heterocycles. The molecule has 0 aromatic heterocycles. The minimum atomic E-state index is -0.499. The Morgan fingerprint density at radius 2 is 1.50 bits per heavy atom. The van der Waals surface area contributed by atoms with Gasteiger partial charge < -0.3 is 14.2 Å². The molecule has 1 aliphatic heterocycles. The number of amides is 2. The molecule has 1 fully saturated rings. The van der Waals surface area contributed by atoms with Crippen molar-refractivity contribution in [3.8, 4) is 11.5 Å². The Bertz CT molecular complexity index is 1170. The Morgan fingerprint density at radius 1 is 0.824 bits per heavy atom. The van der Waals surface area contributed by atoms with Gasteiger partial charge in [-0.25, -0.2) is 5.01 Å². The molecule has 4 rings (SSSR count). The predicted molar refractivity (Wildman–Crippen MR) is 130 cm³/mol. The third-order valence-corrected chi connectivity index (χ3v) is 5.14. The van der Waals surface area contributed by atoms with E-state index in [1.165, 1.54) is 11.1 Å². The van der Waals surface area contributed by atoms with Gasteiger partial charge in [0.2, 0.25) is 0 Å². The molecule has 34 heavy (non-hydrogen) atoms. The number of rotatable bonds is 10. The van der Waals surface area contributed by atoms with E-state index in [0.717, 1.165) is 5.75 Å². The van der Waals surface area contributed by atoms with Crippen LogP contribution in [0.4, 0.5) is 5.69 Å². The second-order valence-corrected chi connectivity index (χ2v) is 7.72. The lowest BCUT2D eigenvalue weighted by Crippen LogP contribution is -2.35. The maximum Gasteiger partial charge on any atom is 0.282 e. The van der Waals surface area contributed by atoms with Crippen molar-refractivity contribution in [2.75, 3.05) is 31.4 Å². The number of nitrogens with one attached hydrogen (secondary N) is 1. The Labute approximate surface area is 202 Å². The predicted octanol–water partition coefficient (Wildman–Crippen LogP) is 4.28. The number of anilines is 1. The summed E-state index contributed by atoms with van der Waals surface area (Å²) in [4.78, 5) is 25.3. The fraction of sp³-hybridized carbons (Fsp3) is 0.154. The van der Waals surface area contributed by atoms with Gasteiger partial charge in [-0.3, -0.25) is 15.0 Å². The molecule has 3 aromatic rings. The molecule has 1 N–H and O–H groups in total. The number of nitrogens with zero attached hydrogens (tertiary/aromatic N) is 1. The largest absolute Gasteiger partial charge is 0.491 e. The molecule has 3 aromatic carbocycles. The van der Waals surface area contributed by atoms with Crippen LogP contribution in [0.25, 0.3) is 6.08 Å². The van der Waals surface area contributed by atoms with Crippen LogP contribution in [0.3, 0.4) is 0 Å². The third kappa shape index (κ3) is 5.95. The first-order chi connectivity index (χ1) is 16.6. The van der Waals surface area contributed by atoms with E-state index in [0.29, 0.717) is 41.8 Å². The second-order valence-electron chi connectivity index (χ2n) is 7.28. The lowest BCUT2D eigenvalue weighted by atomic mass is 10.1. The molecule has 2 amide bonds. The summed E-state index contributed by atoms with van der Waals surface area (Å²) in [6.45, 7) is 1.47. The summed E-state index contributed by atoms with van der Waals surface area (Å²) in [5.41, 5.74) is 3.66. The molecule has 1 heterocycles. The SMILES string of the molecule is O=C1NN(c2ccccc2)C(=O)C1=Cc1cc(Cl)ccc1OCCOCCOc1ccccc1. The normalized spacial score (nSPS) is 14.4. The Kier molecular flexibility index (Phi) is 7.80. The summed E-state index contributed by atoms with van der Waals surface area (Å²) in [6, 6.07) is 23.4. The number of hydrogen-bond donors (Lipinski definition) is 1. The molecule has 0 unspecified atom stereocenters. The smallest absolute Gasteiger partial charge is 0.282 e. The van der Waals surface area contributed by atoms with Crippen molar-refractivity contribution in [3.05, 3.63) is 95.0 Å². The molecule has 0 atom stereocenters. The van der Waals surface area contributed by atoms with Gasteiger partial charge in [0, 0.05) is 10.6 Å². The lowest BCUT2D eigenvalue weighted by Gasteiger charge is -2.14. The highest BCUT2D eigenvalue weighted by atomic mass is 35.5. The number of ether oxygens (including phenoxy) is 3. The van der Waals surface area contributed by atoms with Gasteiger partial charge >= 0.3 is 0 Å². The van der Waals surface area contributed by atoms with Gasteiger partial charge in [-0.2, -0.15) is 0 Å². The molecule has 0 radical (unpaired) electrons. The first-order valence-corrected chi connectivity index (χ1v) is 11.1. The van der Waals surface area contributed by atoms with Crippen molar-refractivity contribution in [2.24, 2.45) is 0 Å². The molecule has 0 bridgehead atoms. The van der Waals surface area contributed by atoms with Crippen LogP contribution in [0, 0.1) is 0 Å². The summed E-state index contributed by atoms with van der Waals surface area (Å²) in [6.07, 6.45) is 1.48. The first-order valence-electron chi connectivity index (χ1n) is 10.7. The van der Waals surface area contributed by atoms with Gasteiger partial charge in [-0.15, -0.1) is 0 Å². The van der Waals surface area contributed by atoms with Crippen molar-refractivity contribution in [2.45, 2.75) is 0 Å². The molecule has 0 saturated carbocycles. The topological polar surface area (TPSA) is 77.1 Å². The summed E-state index contributed by atoms with van der Waals surface area (Å²) >= 11 is 6.15. The average molecular weight is 479 g/mol. The Hall–Kier alpha value is -3.81. The number of carbonyl (C=O) groups excluding carboxylic acids is 2. The highest BCUT2D eigenvalue weighted by molar-refractivity contribution is 6.32. The molecular weight excluding hydrogens is 456 g/mol. The summed E-state index contributed by atoms with van der Waals surface area (Å²) < 4.78 is 17.0. The zero-order valence-electron chi connectivity index (χ0n) is 18.3. The summed E-state index contributed by atoms with van der Waals surface area (Å²) in [5.74, 6) is 0.322. The standard InChI is InChI=1S/C26H23ClN2O5/c27-20-11-12-24(34-16-14-32-13-15-33-22-9-5-2-6-10-22)19(17-20)18-23-25(30)28-29(26(23)31)21-7-3-1-4-8-21/h1-12,17-18H,13-16H2,(H,28,30). The van der Waals surface area contributed by atoms with Crippen LogP contribution in [0.5, 0.6) is 11.5 Å². The minimum absolute atomic E-state index is 0.00900. The van der Waals surface area contributed by atoms with Crippen LogP contribution >= 0.6 is 11.6 Å². The van der Waals surface area contributed by atoms with E-state index < -0.39 is 11.8 Å². The fourth-order valence-corrected chi connectivity index (χ4v) is 3.46. The molecule has 8 heteroatoms. The van der Waals surface area contributed by atoms with Crippen LogP contribution in [0.15, 0.2) is 84.4 Å². The number of carbonyl (C=O) groups is 2. The molecule has 0 aliphatic carbocycles. The van der Waals surface area contributed by atoms with Gasteiger partial charge in [-0.05, 0) is 48.5 Å². The molecule has 174 valence electrons. The van der Waals surface area contributed by atoms with E-state index in [1.807, 2.05) is 36.4 Å². The van der Waals surface area contributed by atoms with Gasteiger partial charge in [0.05, 0.1) is 18.9 Å². The van der Waals surface area contributed by atoms with Gasteiger partial charge in [0.25, 0.3) is 11.8 Å². The molecule has 7 nitrogen and oxygen atoms in total. The lowest BCUT2D eigenvalue weighted by molar-refractivity contribution is -0.117. The van der Waals surface area contributed by atoms with Crippen LogP contribution in [0.2, 0.25) is 5.02 Å². The molecule has 0 spiro atoms. The van der Waals surface area contributed by atoms with E-state index in [-0.39, 0.29) is 12.2 Å². The fourth-order valence-electron chi connectivity index (χ4n) is 3.28. The van der Waals surface area contributed by atoms with Crippen LogP contribution in [-0.4, -0.2) is 38.2 Å². The minimum Gasteiger partial charge on any atom is -0.491 e. The molecule has 1 aliphatic rings. The van der Waals surface area contributed by atoms with Crippen molar-refractivity contribution in [1.29, 1.82) is 0 Å². The van der Waals surface area contributed by atoms with E-state index in [2.05, 4.69) is 5.43 Å². The molecular formula is C26H23ClN2O5. The summed E-state index contributed by atoms with van der Waals surface area (Å²) in [7, 11) is 0. The zero-order chi connectivity index (χ0) is 23.8. The van der Waals surface area contributed by atoms with Crippen LogP contribution < -0.4 is 19.9 Å².